The third-order valence-electron chi connectivity index (χ3n) is 19.4. The van der Waals surface area contributed by atoms with Gasteiger partial charge in [0, 0.05) is 71.0 Å². The summed E-state index contributed by atoms with van der Waals surface area (Å²) in [5, 5.41) is 0. The van der Waals surface area contributed by atoms with Crippen LogP contribution in [-0.4, -0.2) is 81.0 Å². The van der Waals surface area contributed by atoms with E-state index in [1.165, 1.54) is 52.4 Å². The fraction of sp³-hybridized carbons (Fsp3) is 0.831. The molecule has 0 radical (unpaired) electrons. The second kappa shape index (κ2) is 49.8. The van der Waals surface area contributed by atoms with Crippen LogP contribution in [0.5, 0.6) is 0 Å². The summed E-state index contributed by atoms with van der Waals surface area (Å²) in [6, 6.07) is 0. The summed E-state index contributed by atoms with van der Waals surface area (Å²) >= 11 is 0. The van der Waals surface area contributed by atoms with Gasteiger partial charge in [-0.25, -0.2) is 0 Å². The van der Waals surface area contributed by atoms with Crippen LogP contribution < -0.4 is 0 Å². The molecule has 4 aliphatic rings. The van der Waals surface area contributed by atoms with Crippen LogP contribution in [0.4, 0.5) is 0 Å². The van der Waals surface area contributed by atoms with Crippen molar-refractivity contribution in [1.82, 2.24) is 0 Å². The van der Waals surface area contributed by atoms with Gasteiger partial charge in [-0.15, -0.1) is 0 Å². The van der Waals surface area contributed by atoms with Gasteiger partial charge in [-0.05, 0) is 139 Å². The third-order valence-corrected chi connectivity index (χ3v) is 19.4. The van der Waals surface area contributed by atoms with E-state index in [1.54, 1.807) is 0 Å². The molecule has 0 aliphatic heterocycles. The molecular formula is C83H144O14. The van der Waals surface area contributed by atoms with Crippen molar-refractivity contribution in [2.24, 2.45) is 80.8 Å². The molecule has 0 amide bonds. The summed E-state index contributed by atoms with van der Waals surface area (Å²) in [6.07, 6.45) is 25.2. The van der Waals surface area contributed by atoms with Crippen LogP contribution in [0.2, 0.25) is 0 Å². The highest BCUT2D eigenvalue weighted by atomic mass is 16.2. The van der Waals surface area contributed by atoms with E-state index in [0.29, 0.717) is 35.5 Å². The van der Waals surface area contributed by atoms with Gasteiger partial charge in [0.25, 0.3) is 0 Å². The summed E-state index contributed by atoms with van der Waals surface area (Å²) < 4.78 is 0. The minimum absolute atomic E-state index is 0.0160. The maximum absolute atomic E-state index is 12.4. The number of hydrogen-bond donors (Lipinski definition) is 0. The molecule has 0 spiro atoms. The Hall–Kier alpha value is -4.62. The Morgan fingerprint density at radius 3 is 0.784 bits per heavy atom. The molecule has 4 saturated carbocycles. The highest BCUT2D eigenvalue weighted by Gasteiger charge is 2.36. The molecule has 0 saturated heterocycles. The van der Waals surface area contributed by atoms with Crippen molar-refractivity contribution in [3.8, 4) is 0 Å². The molecule has 0 unspecified atom stereocenters. The second-order valence-electron chi connectivity index (χ2n) is 33.9. The standard InChI is InChI=1S/C19H32O2.C15H24O2.C13H24O2.2C11H20O2.C9H16O2.C5H8O2/c1-18(2)9-5-14(6-10-18)16(20)13-17(21)15-7-11-19(3,4)12-8-15;16-14(12-7-3-1-4-8-12)11-15(17)13-9-5-2-6-10-13;1-5-10(6-2)12(14)9-13(15)11(7-3)8-4;1-10(2,3)8(12)7-9(13)11(4,5)6;1-8(2)5-10(12)7-11(13)6-9(3)4;1-6(2)8(10)5-9(11)7(3)4;1-4(6)3-5(2)7/h14-15H,5-13H2,1-4H3;12-13H,1-11H2;10-11H,5-9H2,1-4H3;7H2,1-6H3;8-9H,5-7H2,1-4H3;6-7H,5H2,1-4H3;3H2,1-2H3. The Bertz CT molecular complexity index is 2270. The lowest BCUT2D eigenvalue weighted by Gasteiger charge is -2.35. The van der Waals surface area contributed by atoms with Gasteiger partial charge in [-0.3, -0.25) is 67.1 Å². The number of carbonyl (C=O) groups excluding carboxylic acids is 14. The maximum atomic E-state index is 12.4. The molecule has 0 atom stereocenters. The Kier molecular flexibility index (Phi) is 49.6. The summed E-state index contributed by atoms with van der Waals surface area (Å²) in [7, 11) is 0. The average molecular weight is 1370 g/mol. The van der Waals surface area contributed by atoms with E-state index in [4.69, 9.17) is 0 Å². The summed E-state index contributed by atoms with van der Waals surface area (Å²) in [5.41, 5.74) is -0.0344. The number of carbonyl (C=O) groups is 14. The smallest absolute Gasteiger partial charge is 0.145 e. The van der Waals surface area contributed by atoms with Crippen LogP contribution >= 0.6 is 0 Å². The highest BCUT2D eigenvalue weighted by Crippen LogP contribution is 2.41. The van der Waals surface area contributed by atoms with E-state index in [-0.39, 0.29) is 173 Å². The van der Waals surface area contributed by atoms with Crippen molar-refractivity contribution in [2.75, 3.05) is 0 Å². The molecule has 4 rings (SSSR count). The predicted molar refractivity (Wildman–Crippen MR) is 394 cm³/mol. The van der Waals surface area contributed by atoms with Gasteiger partial charge in [-0.1, -0.05) is 191 Å². The van der Waals surface area contributed by atoms with Crippen LogP contribution in [0.1, 0.15) is 365 Å². The second-order valence-corrected chi connectivity index (χ2v) is 33.9. The molecule has 0 bridgehead atoms. The maximum Gasteiger partial charge on any atom is 0.145 e. The molecule has 0 N–H and O–H groups in total. The molecule has 0 aromatic rings. The van der Waals surface area contributed by atoms with Crippen molar-refractivity contribution in [1.29, 1.82) is 0 Å². The van der Waals surface area contributed by atoms with Crippen molar-refractivity contribution in [2.45, 2.75) is 365 Å². The lowest BCUT2D eigenvalue weighted by molar-refractivity contribution is -0.136. The normalized spacial score (nSPS) is 16.6. The Labute approximate surface area is 591 Å². The van der Waals surface area contributed by atoms with Gasteiger partial charge < -0.3 is 0 Å². The van der Waals surface area contributed by atoms with E-state index < -0.39 is 10.8 Å². The number of ketones is 14. The summed E-state index contributed by atoms with van der Waals surface area (Å²) in [5.74, 6) is 2.95. The zero-order valence-corrected chi connectivity index (χ0v) is 66.4. The highest BCUT2D eigenvalue weighted by molar-refractivity contribution is 6.04. The number of hydrogen-bond acceptors (Lipinski definition) is 14. The molecule has 4 fully saturated rings. The molecular weight excluding hydrogens is 1220 g/mol. The van der Waals surface area contributed by atoms with Crippen LogP contribution in [0.15, 0.2) is 0 Å². The fourth-order valence-electron chi connectivity index (χ4n) is 12.0. The van der Waals surface area contributed by atoms with Crippen LogP contribution in [-0.2, 0) is 67.1 Å². The van der Waals surface area contributed by atoms with Crippen LogP contribution in [0.25, 0.3) is 0 Å². The lowest BCUT2D eigenvalue weighted by atomic mass is 9.69. The van der Waals surface area contributed by atoms with E-state index in [9.17, 15) is 67.1 Å². The minimum atomic E-state index is -0.402. The molecule has 97 heavy (non-hydrogen) atoms. The summed E-state index contributed by atoms with van der Waals surface area (Å²) in [4.78, 5) is 160. The molecule has 0 aromatic heterocycles. The van der Waals surface area contributed by atoms with E-state index in [1.807, 2.05) is 125 Å². The zero-order valence-electron chi connectivity index (χ0n) is 66.4. The van der Waals surface area contributed by atoms with Crippen molar-refractivity contribution >= 4 is 81.0 Å². The van der Waals surface area contributed by atoms with Gasteiger partial charge in [0.2, 0.25) is 0 Å². The number of rotatable bonds is 30. The van der Waals surface area contributed by atoms with Crippen molar-refractivity contribution < 1.29 is 67.1 Å². The van der Waals surface area contributed by atoms with Crippen LogP contribution in [0, 0.1) is 80.8 Å². The van der Waals surface area contributed by atoms with E-state index in [0.717, 1.165) is 103 Å². The first-order valence-corrected chi connectivity index (χ1v) is 37.9. The number of Topliss-reactive ketones (excluding diaryl/α,β-unsaturated/α-hetero) is 14. The Balaban J connectivity index is -0.00000108. The SMILES string of the molecule is CC(=O)CC(C)=O.CC(C)(C)C(=O)CC(=O)C(C)(C)C.CC(C)C(=O)CC(=O)C(C)C.CC(C)CC(=O)CC(=O)CC(C)C.CC1(C)CCC(C(=O)CC(=O)C2CCC(C)(C)CC2)CC1.CCC(CC)C(=O)CC(=O)C(CC)CC.O=C(CC(=O)C1CCCCC1)C1CCCCC1. The predicted octanol–water partition coefficient (Wildman–Crippen LogP) is 19.6. The Morgan fingerprint density at radius 1 is 0.330 bits per heavy atom. The first-order valence-electron chi connectivity index (χ1n) is 37.9. The molecule has 14 heteroatoms. The third kappa shape index (κ3) is 48.0. The fourth-order valence-corrected chi connectivity index (χ4v) is 12.0. The molecule has 4 aliphatic carbocycles. The van der Waals surface area contributed by atoms with E-state index in [2.05, 4.69) is 27.7 Å². The van der Waals surface area contributed by atoms with E-state index >= 15 is 0 Å². The van der Waals surface area contributed by atoms with Gasteiger partial charge in [0.15, 0.2) is 0 Å². The van der Waals surface area contributed by atoms with Gasteiger partial charge in [0.05, 0.1) is 44.9 Å². The largest absolute Gasteiger partial charge is 0.300 e. The monoisotopic (exact) mass is 1370 g/mol. The minimum Gasteiger partial charge on any atom is -0.300 e. The van der Waals surface area contributed by atoms with Crippen molar-refractivity contribution in [3.63, 3.8) is 0 Å². The topological polar surface area (TPSA) is 239 Å². The average Bonchev–Trinajstić information content (AvgIpc) is 0.857. The quantitative estimate of drug-likeness (QED) is 0.0608. The Morgan fingerprint density at radius 2 is 0.577 bits per heavy atom. The van der Waals surface area contributed by atoms with Crippen LogP contribution in [0.3, 0.4) is 0 Å². The van der Waals surface area contributed by atoms with Gasteiger partial charge in [-0.2, -0.15) is 0 Å². The first kappa shape index (κ1) is 96.6. The molecule has 0 aromatic carbocycles. The lowest BCUT2D eigenvalue weighted by Crippen LogP contribution is -2.31. The van der Waals surface area contributed by atoms with Crippen molar-refractivity contribution in [3.05, 3.63) is 0 Å². The summed E-state index contributed by atoms with van der Waals surface area (Å²) in [6.45, 7) is 46.2. The molecule has 0 heterocycles. The zero-order chi connectivity index (χ0) is 75.8. The molecule has 560 valence electrons. The first-order chi connectivity index (χ1) is 44.6. The van der Waals surface area contributed by atoms with Gasteiger partial charge in [0.1, 0.15) is 81.0 Å². The van der Waals surface area contributed by atoms with Gasteiger partial charge >= 0.3 is 0 Å². The molecule has 14 nitrogen and oxygen atoms in total.